The molecule has 3 fully saturated rings. The van der Waals surface area contributed by atoms with E-state index in [-0.39, 0.29) is 28.8 Å². The summed E-state index contributed by atoms with van der Waals surface area (Å²) in [6.07, 6.45) is 19.1. The highest BCUT2D eigenvalue weighted by Crippen LogP contribution is 2.66. The van der Waals surface area contributed by atoms with Crippen LogP contribution in [0.4, 0.5) is 0 Å². The average Bonchev–Trinajstić information content (AvgIpc) is 3.22. The zero-order valence-corrected chi connectivity index (χ0v) is 20.9. The Hall–Kier alpha value is -1.94. The molecule has 34 heavy (non-hydrogen) atoms. The number of allylic oxidation sites excluding steroid dienone is 3. The SMILES string of the molecule is CC12CCC(OC(=O)C3CCNCC3)CC1=CCC1[C@@H]2CCC2(C)C(c3cccnc3)=CC[C@@H]12. The van der Waals surface area contributed by atoms with Crippen LogP contribution in [-0.2, 0) is 9.53 Å². The first kappa shape index (κ1) is 22.5. The second-order valence-electron chi connectivity index (χ2n) is 12.1. The van der Waals surface area contributed by atoms with E-state index in [0.29, 0.717) is 0 Å². The van der Waals surface area contributed by atoms with Crippen LogP contribution >= 0.6 is 0 Å². The predicted molar refractivity (Wildman–Crippen MR) is 135 cm³/mol. The minimum absolute atomic E-state index is 0.0535. The molecule has 4 aliphatic carbocycles. The number of pyridine rings is 1. The summed E-state index contributed by atoms with van der Waals surface area (Å²) in [5, 5.41) is 3.35. The molecule has 0 spiro atoms. The molecule has 0 radical (unpaired) electrons. The van der Waals surface area contributed by atoms with Gasteiger partial charge in [-0.3, -0.25) is 9.78 Å². The second-order valence-corrected chi connectivity index (χ2v) is 12.1. The largest absolute Gasteiger partial charge is 0.462 e. The molecule has 0 aromatic carbocycles. The Labute approximate surface area is 204 Å². The van der Waals surface area contributed by atoms with E-state index in [2.05, 4.69) is 54.6 Å². The minimum atomic E-state index is 0.0535. The molecule has 1 N–H and O–H groups in total. The lowest BCUT2D eigenvalue weighted by atomic mass is 9.47. The number of aromatic nitrogens is 1. The smallest absolute Gasteiger partial charge is 0.309 e. The van der Waals surface area contributed by atoms with Gasteiger partial charge in [-0.15, -0.1) is 0 Å². The Morgan fingerprint density at radius 1 is 1.03 bits per heavy atom. The minimum Gasteiger partial charge on any atom is -0.462 e. The van der Waals surface area contributed by atoms with Crippen molar-refractivity contribution in [1.82, 2.24) is 10.3 Å². The highest BCUT2D eigenvalue weighted by molar-refractivity contribution is 5.73. The molecule has 6 rings (SSSR count). The third-order valence-electron chi connectivity index (χ3n) is 10.6. The van der Waals surface area contributed by atoms with Crippen molar-refractivity contribution in [2.24, 2.45) is 34.5 Å². The molecule has 1 aromatic rings. The van der Waals surface area contributed by atoms with Gasteiger partial charge in [-0.05, 0) is 110 Å². The average molecular weight is 461 g/mol. The van der Waals surface area contributed by atoms with Gasteiger partial charge in [-0.25, -0.2) is 0 Å². The summed E-state index contributed by atoms with van der Waals surface area (Å²) < 4.78 is 6.09. The van der Waals surface area contributed by atoms with E-state index in [9.17, 15) is 4.79 Å². The maximum absolute atomic E-state index is 12.8. The van der Waals surface area contributed by atoms with Crippen molar-refractivity contribution < 1.29 is 9.53 Å². The van der Waals surface area contributed by atoms with E-state index >= 15 is 0 Å². The molecule has 6 atom stereocenters. The van der Waals surface area contributed by atoms with Crippen LogP contribution in [0.3, 0.4) is 0 Å². The Morgan fingerprint density at radius 2 is 1.85 bits per heavy atom. The number of carbonyl (C=O) groups is 1. The first-order valence-electron chi connectivity index (χ1n) is 13.7. The number of hydrogen-bond donors (Lipinski definition) is 1. The van der Waals surface area contributed by atoms with Gasteiger partial charge in [-0.1, -0.05) is 37.6 Å². The number of nitrogens with zero attached hydrogens (tertiary/aromatic N) is 1. The first-order chi connectivity index (χ1) is 16.5. The fraction of sp³-hybridized carbons (Fsp3) is 0.667. The number of esters is 1. The van der Waals surface area contributed by atoms with Crippen LogP contribution in [0.1, 0.15) is 77.2 Å². The Bertz CT molecular complexity index is 994. The molecule has 1 aromatic heterocycles. The van der Waals surface area contributed by atoms with E-state index in [0.717, 1.165) is 62.9 Å². The van der Waals surface area contributed by atoms with E-state index in [1.54, 1.807) is 5.57 Å². The van der Waals surface area contributed by atoms with Crippen molar-refractivity contribution in [3.63, 3.8) is 0 Å². The Balaban J connectivity index is 1.17. The maximum Gasteiger partial charge on any atom is 0.309 e. The number of fused-ring (bicyclic) bond motifs is 5. The molecule has 4 unspecified atom stereocenters. The molecule has 2 heterocycles. The molecule has 1 aliphatic heterocycles. The molecular formula is C30H40N2O2. The van der Waals surface area contributed by atoms with Crippen molar-refractivity contribution in [3.05, 3.63) is 47.8 Å². The van der Waals surface area contributed by atoms with Gasteiger partial charge in [-0.2, -0.15) is 0 Å². The Kier molecular flexibility index (Phi) is 5.71. The number of carbonyl (C=O) groups excluding carboxylic acids is 1. The van der Waals surface area contributed by atoms with E-state index in [4.69, 9.17) is 4.74 Å². The summed E-state index contributed by atoms with van der Waals surface area (Å²) in [5.74, 6) is 2.39. The van der Waals surface area contributed by atoms with E-state index in [1.807, 2.05) is 6.20 Å². The van der Waals surface area contributed by atoms with Crippen molar-refractivity contribution in [2.45, 2.75) is 77.7 Å². The standard InChI is InChI=1S/C30H40N2O2/c1-29-13-9-23(34-28(33)20-11-16-31-17-12-20)18-22(29)5-6-24-26-8-7-25(21-4-3-15-32-19-21)30(26,2)14-10-27(24)29/h3-5,7,15,19-20,23-24,26-27,31H,6,8-14,16-18H2,1-2H3/t23?,24?,26-,27-,29?,30?/m0/s1. The number of hydrogen-bond acceptors (Lipinski definition) is 4. The predicted octanol–water partition coefficient (Wildman–Crippen LogP) is 5.95. The second kappa shape index (κ2) is 8.62. The van der Waals surface area contributed by atoms with Gasteiger partial charge < -0.3 is 10.1 Å². The molecule has 4 heteroatoms. The molecule has 0 bridgehead atoms. The number of piperidine rings is 1. The molecule has 182 valence electrons. The topological polar surface area (TPSA) is 51.2 Å². The lowest BCUT2D eigenvalue weighted by Gasteiger charge is -2.58. The van der Waals surface area contributed by atoms with Crippen LogP contribution < -0.4 is 5.32 Å². The lowest BCUT2D eigenvalue weighted by Crippen LogP contribution is -2.50. The molecule has 5 aliphatic rings. The summed E-state index contributed by atoms with van der Waals surface area (Å²) >= 11 is 0. The van der Waals surface area contributed by atoms with Crippen LogP contribution in [0.15, 0.2) is 42.3 Å². The number of ether oxygens (including phenoxy) is 1. The summed E-state index contributed by atoms with van der Waals surface area (Å²) in [6.45, 7) is 6.94. The van der Waals surface area contributed by atoms with E-state index < -0.39 is 0 Å². The molecule has 0 amide bonds. The monoisotopic (exact) mass is 460 g/mol. The van der Waals surface area contributed by atoms with Gasteiger partial charge in [0.25, 0.3) is 0 Å². The summed E-state index contributed by atoms with van der Waals surface area (Å²) in [4.78, 5) is 17.2. The normalized spacial score (nSPS) is 39.8. The zero-order chi connectivity index (χ0) is 23.3. The van der Waals surface area contributed by atoms with Gasteiger partial charge in [0.1, 0.15) is 6.10 Å². The van der Waals surface area contributed by atoms with Crippen LogP contribution in [-0.4, -0.2) is 30.1 Å². The molecule has 4 nitrogen and oxygen atoms in total. The van der Waals surface area contributed by atoms with Gasteiger partial charge in [0.15, 0.2) is 0 Å². The number of rotatable bonds is 3. The van der Waals surface area contributed by atoms with Crippen molar-refractivity contribution in [1.29, 1.82) is 0 Å². The van der Waals surface area contributed by atoms with Crippen molar-refractivity contribution >= 4 is 11.5 Å². The molecule has 2 saturated carbocycles. The molecular weight excluding hydrogens is 420 g/mol. The van der Waals surface area contributed by atoms with Gasteiger partial charge in [0.05, 0.1) is 5.92 Å². The van der Waals surface area contributed by atoms with Gasteiger partial charge >= 0.3 is 5.97 Å². The summed E-state index contributed by atoms with van der Waals surface area (Å²) in [5.41, 5.74) is 5.00. The van der Waals surface area contributed by atoms with Crippen molar-refractivity contribution in [2.75, 3.05) is 13.1 Å². The highest BCUT2D eigenvalue weighted by atomic mass is 16.5. The number of nitrogens with one attached hydrogen (secondary N) is 1. The fourth-order valence-electron chi connectivity index (χ4n) is 8.58. The van der Waals surface area contributed by atoms with Crippen LogP contribution in [0.2, 0.25) is 0 Å². The van der Waals surface area contributed by atoms with Crippen LogP contribution in [0, 0.1) is 34.5 Å². The lowest BCUT2D eigenvalue weighted by molar-refractivity contribution is -0.157. The third kappa shape index (κ3) is 3.59. The quantitative estimate of drug-likeness (QED) is 0.447. The van der Waals surface area contributed by atoms with E-state index in [1.165, 1.54) is 36.8 Å². The maximum atomic E-state index is 12.8. The van der Waals surface area contributed by atoms with Crippen LogP contribution in [0.25, 0.3) is 5.57 Å². The zero-order valence-electron chi connectivity index (χ0n) is 20.9. The Morgan fingerprint density at radius 3 is 2.65 bits per heavy atom. The van der Waals surface area contributed by atoms with Crippen LogP contribution in [0.5, 0.6) is 0 Å². The summed E-state index contributed by atoms with van der Waals surface area (Å²) in [6, 6.07) is 4.32. The highest BCUT2D eigenvalue weighted by Gasteiger charge is 2.57. The van der Waals surface area contributed by atoms with Gasteiger partial charge in [0, 0.05) is 18.8 Å². The molecule has 1 saturated heterocycles. The summed E-state index contributed by atoms with van der Waals surface area (Å²) in [7, 11) is 0. The van der Waals surface area contributed by atoms with Crippen molar-refractivity contribution in [3.8, 4) is 0 Å². The third-order valence-corrected chi connectivity index (χ3v) is 10.6. The first-order valence-corrected chi connectivity index (χ1v) is 13.7. The van der Waals surface area contributed by atoms with Gasteiger partial charge in [0.2, 0.25) is 0 Å². The fourth-order valence-corrected chi connectivity index (χ4v) is 8.58.